The van der Waals surface area contributed by atoms with Crippen LogP contribution in [0, 0.1) is 11.6 Å². The third-order valence-corrected chi connectivity index (χ3v) is 4.82. The monoisotopic (exact) mass is 370 g/mol. The lowest BCUT2D eigenvalue weighted by molar-refractivity contribution is 0.0806. The molecule has 1 aliphatic heterocycles. The summed E-state index contributed by atoms with van der Waals surface area (Å²) in [5, 5.41) is 0. The zero-order valence-corrected chi connectivity index (χ0v) is 13.0. The van der Waals surface area contributed by atoms with Gasteiger partial charge in [0.25, 0.3) is 0 Å². The molecule has 0 N–H and O–H groups in total. The minimum atomic E-state index is -0.900. The van der Waals surface area contributed by atoms with Crippen molar-refractivity contribution in [3.05, 3.63) is 58.1 Å². The molecule has 6 heteroatoms. The fourth-order valence-corrected chi connectivity index (χ4v) is 3.38. The lowest BCUT2D eigenvalue weighted by atomic mass is 10.1. The number of ketones is 1. The number of rotatable bonds is 2. The highest BCUT2D eigenvalue weighted by atomic mass is 79.9. The number of carbonyl (C=O) groups is 1. The summed E-state index contributed by atoms with van der Waals surface area (Å²) < 4.78 is 33.4. The van der Waals surface area contributed by atoms with Gasteiger partial charge in [0.2, 0.25) is 5.78 Å². The first-order valence-corrected chi connectivity index (χ1v) is 7.92. The molecule has 0 aliphatic carbocycles. The minimum Gasteiger partial charge on any atom is -0.480 e. The molecule has 0 fully saturated rings. The molecule has 1 heterocycles. The van der Waals surface area contributed by atoms with Crippen molar-refractivity contribution in [2.24, 2.45) is 0 Å². The average molecular weight is 371 g/mol. The highest BCUT2D eigenvalue weighted by Crippen LogP contribution is 2.36. The Labute approximate surface area is 132 Å². The Kier molecular flexibility index (Phi) is 3.99. The molecular weight excluding hydrogens is 362 g/mol. The van der Waals surface area contributed by atoms with Crippen molar-refractivity contribution in [1.29, 1.82) is 0 Å². The van der Waals surface area contributed by atoms with Gasteiger partial charge in [0, 0.05) is 10.6 Å². The molecule has 0 saturated carbocycles. The van der Waals surface area contributed by atoms with E-state index in [2.05, 4.69) is 15.9 Å². The van der Waals surface area contributed by atoms with Crippen LogP contribution in [-0.4, -0.2) is 17.6 Å². The largest absolute Gasteiger partial charge is 0.480 e. The first-order valence-electron chi connectivity index (χ1n) is 6.14. The number of thioether (sulfide) groups is 1. The van der Waals surface area contributed by atoms with Crippen molar-refractivity contribution in [3.63, 3.8) is 0 Å². The quantitative estimate of drug-likeness (QED) is 0.576. The van der Waals surface area contributed by atoms with Crippen LogP contribution in [-0.2, 0) is 0 Å². The molecule has 0 radical (unpaired) electrons. The number of ether oxygens (including phenoxy) is 1. The van der Waals surface area contributed by atoms with E-state index < -0.39 is 29.1 Å². The van der Waals surface area contributed by atoms with Crippen molar-refractivity contribution in [2.75, 3.05) is 5.75 Å². The van der Waals surface area contributed by atoms with E-state index in [9.17, 15) is 13.6 Å². The van der Waals surface area contributed by atoms with Gasteiger partial charge in [-0.05, 0) is 40.2 Å². The molecule has 0 saturated heterocycles. The number of fused-ring (bicyclic) bond motifs is 1. The molecule has 1 atom stereocenters. The first kappa shape index (κ1) is 14.5. The Morgan fingerprint density at radius 1 is 1.24 bits per heavy atom. The van der Waals surface area contributed by atoms with Crippen molar-refractivity contribution in [2.45, 2.75) is 11.0 Å². The second kappa shape index (κ2) is 5.77. The van der Waals surface area contributed by atoms with Gasteiger partial charge < -0.3 is 4.74 Å². The van der Waals surface area contributed by atoms with E-state index in [1.807, 2.05) is 12.1 Å². The van der Waals surface area contributed by atoms with E-state index in [4.69, 9.17) is 4.74 Å². The van der Waals surface area contributed by atoms with Gasteiger partial charge in [-0.25, -0.2) is 8.78 Å². The van der Waals surface area contributed by atoms with Crippen LogP contribution in [0.25, 0.3) is 0 Å². The maximum absolute atomic E-state index is 14.0. The Hall–Kier alpha value is -1.40. The summed E-state index contributed by atoms with van der Waals surface area (Å²) in [5.41, 5.74) is -0.561. The highest BCUT2D eigenvalue weighted by molar-refractivity contribution is 9.10. The van der Waals surface area contributed by atoms with Gasteiger partial charge in [0.05, 0.1) is 10.0 Å². The zero-order chi connectivity index (χ0) is 15.0. The SMILES string of the molecule is O=C(c1c(F)ccc(Br)c1F)C1CSc2ccccc2O1. The minimum absolute atomic E-state index is 0.0520. The third-order valence-electron chi connectivity index (χ3n) is 3.09. The summed E-state index contributed by atoms with van der Waals surface area (Å²) in [4.78, 5) is 13.3. The summed E-state index contributed by atoms with van der Waals surface area (Å²) in [5.74, 6) is -1.59. The lowest BCUT2D eigenvalue weighted by Gasteiger charge is -2.24. The number of Topliss-reactive ketones (excluding diaryl/α,β-unsaturated/α-hetero) is 1. The van der Waals surface area contributed by atoms with Gasteiger partial charge in [-0.15, -0.1) is 11.8 Å². The summed E-state index contributed by atoms with van der Waals surface area (Å²) in [6.07, 6.45) is -0.900. The van der Waals surface area contributed by atoms with Gasteiger partial charge in [0.1, 0.15) is 11.6 Å². The molecule has 1 aliphatic rings. The van der Waals surface area contributed by atoms with E-state index in [1.54, 1.807) is 12.1 Å². The molecule has 1 unspecified atom stereocenters. The smallest absolute Gasteiger partial charge is 0.210 e. The fraction of sp³-hybridized carbons (Fsp3) is 0.133. The molecule has 2 aromatic rings. The van der Waals surface area contributed by atoms with E-state index in [0.29, 0.717) is 11.5 Å². The van der Waals surface area contributed by atoms with Gasteiger partial charge >= 0.3 is 0 Å². The van der Waals surface area contributed by atoms with Crippen LogP contribution in [0.3, 0.4) is 0 Å². The number of para-hydroxylation sites is 1. The Morgan fingerprint density at radius 3 is 2.81 bits per heavy atom. The molecule has 2 nitrogen and oxygen atoms in total. The van der Waals surface area contributed by atoms with E-state index >= 15 is 0 Å². The second-order valence-corrected chi connectivity index (χ2v) is 6.36. The maximum atomic E-state index is 14.0. The molecule has 0 bridgehead atoms. The standard InChI is InChI=1S/C15H9BrF2O2S/c16-8-5-6-9(17)13(14(8)18)15(19)11-7-21-12-4-2-1-3-10(12)20-11/h1-6,11H,7H2. The number of hydrogen-bond acceptors (Lipinski definition) is 3. The van der Waals surface area contributed by atoms with Crippen molar-refractivity contribution < 1.29 is 18.3 Å². The fourth-order valence-electron chi connectivity index (χ4n) is 2.06. The van der Waals surface area contributed by atoms with Crippen LogP contribution >= 0.6 is 27.7 Å². The Balaban J connectivity index is 1.93. The normalized spacial score (nSPS) is 17.0. The lowest BCUT2D eigenvalue weighted by Crippen LogP contribution is -2.33. The summed E-state index contributed by atoms with van der Waals surface area (Å²) in [7, 11) is 0. The van der Waals surface area contributed by atoms with E-state index in [1.165, 1.54) is 17.8 Å². The Morgan fingerprint density at radius 2 is 2.00 bits per heavy atom. The maximum Gasteiger partial charge on any atom is 0.210 e. The van der Waals surface area contributed by atoms with Crippen LogP contribution in [0.15, 0.2) is 45.8 Å². The van der Waals surface area contributed by atoms with Gasteiger partial charge in [-0.1, -0.05) is 12.1 Å². The number of benzene rings is 2. The van der Waals surface area contributed by atoms with Crippen LogP contribution in [0.2, 0.25) is 0 Å². The van der Waals surface area contributed by atoms with Gasteiger partial charge in [-0.3, -0.25) is 4.79 Å². The molecule has 0 aromatic heterocycles. The number of hydrogen-bond donors (Lipinski definition) is 0. The first-order chi connectivity index (χ1) is 10.1. The molecule has 108 valence electrons. The van der Waals surface area contributed by atoms with E-state index in [-0.39, 0.29) is 4.47 Å². The van der Waals surface area contributed by atoms with Crippen LogP contribution in [0.1, 0.15) is 10.4 Å². The molecule has 0 amide bonds. The zero-order valence-electron chi connectivity index (χ0n) is 10.6. The summed E-state index contributed by atoms with van der Waals surface area (Å²) in [6, 6.07) is 9.55. The average Bonchev–Trinajstić information content (AvgIpc) is 2.51. The van der Waals surface area contributed by atoms with Gasteiger partial charge in [-0.2, -0.15) is 0 Å². The molecule has 3 rings (SSSR count). The van der Waals surface area contributed by atoms with Gasteiger partial charge in [0.15, 0.2) is 11.9 Å². The predicted octanol–water partition coefficient (Wildman–Crippen LogP) is 4.46. The van der Waals surface area contributed by atoms with E-state index in [0.717, 1.165) is 11.0 Å². The molecule has 0 spiro atoms. The second-order valence-electron chi connectivity index (χ2n) is 4.45. The Bertz CT molecular complexity index is 721. The molecular formula is C15H9BrF2O2S. The van der Waals surface area contributed by atoms with Crippen molar-refractivity contribution >= 4 is 33.5 Å². The molecule has 2 aromatic carbocycles. The predicted molar refractivity (Wildman–Crippen MR) is 80.0 cm³/mol. The number of halogens is 3. The van der Waals surface area contributed by atoms with Crippen molar-refractivity contribution in [3.8, 4) is 5.75 Å². The number of carbonyl (C=O) groups excluding carboxylic acids is 1. The van der Waals surface area contributed by atoms with Crippen LogP contribution in [0.4, 0.5) is 8.78 Å². The topological polar surface area (TPSA) is 26.3 Å². The van der Waals surface area contributed by atoms with Crippen molar-refractivity contribution in [1.82, 2.24) is 0 Å². The summed E-state index contributed by atoms with van der Waals surface area (Å²) in [6.45, 7) is 0. The summed E-state index contributed by atoms with van der Waals surface area (Å²) >= 11 is 4.39. The highest BCUT2D eigenvalue weighted by Gasteiger charge is 2.31. The molecule has 21 heavy (non-hydrogen) atoms. The van der Waals surface area contributed by atoms with Crippen LogP contribution in [0.5, 0.6) is 5.75 Å². The van der Waals surface area contributed by atoms with Crippen LogP contribution < -0.4 is 4.74 Å². The third kappa shape index (κ3) is 2.70.